The first kappa shape index (κ1) is 12.9. The largest absolute Gasteiger partial charge is 0.339 e. The van der Waals surface area contributed by atoms with E-state index in [2.05, 4.69) is 31.2 Å². The van der Waals surface area contributed by atoms with Crippen molar-refractivity contribution < 1.29 is 4.79 Å². The van der Waals surface area contributed by atoms with Gasteiger partial charge in [0.05, 0.1) is 0 Å². The average Bonchev–Trinajstić information content (AvgIpc) is 2.46. The molecule has 1 aromatic rings. The second kappa shape index (κ2) is 6.39. The van der Waals surface area contributed by atoms with Gasteiger partial charge < -0.3 is 4.90 Å². The van der Waals surface area contributed by atoms with Crippen LogP contribution in [-0.4, -0.2) is 23.9 Å². The molecule has 0 saturated carbocycles. The lowest BCUT2D eigenvalue weighted by molar-refractivity contribution is -0.126. The van der Waals surface area contributed by atoms with Crippen LogP contribution in [0.4, 0.5) is 0 Å². The van der Waals surface area contributed by atoms with Crippen LogP contribution >= 0.6 is 0 Å². The van der Waals surface area contributed by atoms with Crippen molar-refractivity contribution in [3.05, 3.63) is 41.5 Å². The Kier molecular flexibility index (Phi) is 4.57. The summed E-state index contributed by atoms with van der Waals surface area (Å²) < 4.78 is 0. The van der Waals surface area contributed by atoms with Gasteiger partial charge in [0.1, 0.15) is 0 Å². The third-order valence-electron chi connectivity index (χ3n) is 3.47. The maximum absolute atomic E-state index is 11.9. The van der Waals surface area contributed by atoms with E-state index in [4.69, 9.17) is 0 Å². The van der Waals surface area contributed by atoms with E-state index >= 15 is 0 Å². The topological polar surface area (TPSA) is 20.3 Å². The minimum atomic E-state index is 0.147. The molecular formula is C16H21NO. The molecule has 0 N–H and O–H groups in total. The summed E-state index contributed by atoms with van der Waals surface area (Å²) in [6.07, 6.45) is 8.21. The molecule has 0 unspecified atom stereocenters. The van der Waals surface area contributed by atoms with Crippen LogP contribution in [0, 0.1) is 0 Å². The molecule has 2 heteroatoms. The van der Waals surface area contributed by atoms with Crippen LogP contribution in [0.1, 0.15) is 37.3 Å². The normalized spacial score (nSPS) is 16.2. The number of hydrogen-bond donors (Lipinski definition) is 0. The predicted molar refractivity (Wildman–Crippen MR) is 75.3 cm³/mol. The zero-order chi connectivity index (χ0) is 12.8. The van der Waals surface area contributed by atoms with Gasteiger partial charge in [-0.1, -0.05) is 31.2 Å². The van der Waals surface area contributed by atoms with Crippen molar-refractivity contribution in [2.75, 3.05) is 13.1 Å². The van der Waals surface area contributed by atoms with Crippen LogP contribution in [-0.2, 0) is 11.2 Å². The Bertz CT molecular complexity index is 413. The number of carbonyl (C=O) groups is 1. The maximum atomic E-state index is 11.9. The molecule has 1 fully saturated rings. The van der Waals surface area contributed by atoms with E-state index in [1.807, 2.05) is 11.0 Å². The van der Waals surface area contributed by atoms with Gasteiger partial charge >= 0.3 is 0 Å². The molecule has 1 heterocycles. The Morgan fingerprint density at radius 2 is 1.83 bits per heavy atom. The summed E-state index contributed by atoms with van der Waals surface area (Å²) in [6.45, 7) is 3.97. The molecule has 0 aliphatic carbocycles. The number of hydrogen-bond acceptors (Lipinski definition) is 1. The molecule has 2 rings (SSSR count). The Labute approximate surface area is 109 Å². The number of amides is 1. The summed E-state index contributed by atoms with van der Waals surface area (Å²) in [4.78, 5) is 13.9. The average molecular weight is 243 g/mol. The number of aryl methyl sites for hydroxylation is 1. The van der Waals surface area contributed by atoms with Crippen molar-refractivity contribution in [1.29, 1.82) is 0 Å². The van der Waals surface area contributed by atoms with Crippen LogP contribution < -0.4 is 0 Å². The van der Waals surface area contributed by atoms with Crippen LogP contribution in [0.3, 0.4) is 0 Å². The summed E-state index contributed by atoms with van der Waals surface area (Å²) in [5.74, 6) is 0.147. The number of nitrogens with zero attached hydrogens (tertiary/aromatic N) is 1. The van der Waals surface area contributed by atoms with Crippen molar-refractivity contribution in [3.8, 4) is 0 Å². The SMILES string of the molecule is CCc1ccc(C=CC(=O)N2CCCCC2)cc1. The van der Waals surface area contributed by atoms with Gasteiger partial charge in [-0.05, 0) is 42.9 Å². The predicted octanol–water partition coefficient (Wildman–Crippen LogP) is 3.27. The number of piperidine rings is 1. The Balaban J connectivity index is 1.94. The highest BCUT2D eigenvalue weighted by atomic mass is 16.2. The number of carbonyl (C=O) groups excluding carboxylic acids is 1. The van der Waals surface area contributed by atoms with Crippen LogP contribution in [0.5, 0.6) is 0 Å². The highest BCUT2D eigenvalue weighted by molar-refractivity contribution is 5.91. The summed E-state index contributed by atoms with van der Waals surface area (Å²) >= 11 is 0. The van der Waals surface area contributed by atoms with Gasteiger partial charge in [-0.25, -0.2) is 0 Å². The molecule has 1 aliphatic heterocycles. The monoisotopic (exact) mass is 243 g/mol. The minimum Gasteiger partial charge on any atom is -0.339 e. The number of benzene rings is 1. The van der Waals surface area contributed by atoms with E-state index in [1.54, 1.807) is 6.08 Å². The van der Waals surface area contributed by atoms with E-state index in [-0.39, 0.29) is 5.91 Å². The number of likely N-dealkylation sites (tertiary alicyclic amines) is 1. The molecule has 1 saturated heterocycles. The molecule has 1 aliphatic rings. The Morgan fingerprint density at radius 1 is 1.17 bits per heavy atom. The first-order chi connectivity index (χ1) is 8.79. The lowest BCUT2D eigenvalue weighted by atomic mass is 10.1. The Hall–Kier alpha value is -1.57. The van der Waals surface area contributed by atoms with Gasteiger partial charge in [-0.2, -0.15) is 0 Å². The third kappa shape index (κ3) is 3.46. The van der Waals surface area contributed by atoms with E-state index in [0.717, 1.165) is 37.9 Å². The van der Waals surface area contributed by atoms with E-state index in [0.29, 0.717) is 0 Å². The zero-order valence-corrected chi connectivity index (χ0v) is 11.1. The second-order valence-corrected chi connectivity index (χ2v) is 4.81. The lowest BCUT2D eigenvalue weighted by Gasteiger charge is -2.25. The van der Waals surface area contributed by atoms with E-state index < -0.39 is 0 Å². The molecule has 18 heavy (non-hydrogen) atoms. The zero-order valence-electron chi connectivity index (χ0n) is 11.1. The van der Waals surface area contributed by atoms with Crippen molar-refractivity contribution in [2.45, 2.75) is 32.6 Å². The quantitative estimate of drug-likeness (QED) is 0.746. The fourth-order valence-corrected chi connectivity index (χ4v) is 2.25. The van der Waals surface area contributed by atoms with Crippen LogP contribution in [0.25, 0.3) is 6.08 Å². The van der Waals surface area contributed by atoms with Crippen molar-refractivity contribution in [2.24, 2.45) is 0 Å². The van der Waals surface area contributed by atoms with Gasteiger partial charge in [0.2, 0.25) is 5.91 Å². The van der Waals surface area contributed by atoms with Gasteiger partial charge in [-0.3, -0.25) is 4.79 Å². The molecule has 0 radical (unpaired) electrons. The first-order valence-electron chi connectivity index (χ1n) is 6.85. The summed E-state index contributed by atoms with van der Waals surface area (Å²) in [5, 5.41) is 0. The lowest BCUT2D eigenvalue weighted by Crippen LogP contribution is -2.34. The molecule has 2 nitrogen and oxygen atoms in total. The molecular weight excluding hydrogens is 222 g/mol. The molecule has 0 atom stereocenters. The maximum Gasteiger partial charge on any atom is 0.246 e. The van der Waals surface area contributed by atoms with Gasteiger partial charge in [-0.15, -0.1) is 0 Å². The van der Waals surface area contributed by atoms with Crippen molar-refractivity contribution >= 4 is 12.0 Å². The molecule has 0 spiro atoms. The fourth-order valence-electron chi connectivity index (χ4n) is 2.25. The van der Waals surface area contributed by atoms with Crippen LogP contribution in [0.2, 0.25) is 0 Å². The second-order valence-electron chi connectivity index (χ2n) is 4.81. The summed E-state index contributed by atoms with van der Waals surface area (Å²) in [7, 11) is 0. The molecule has 96 valence electrons. The van der Waals surface area contributed by atoms with E-state index in [9.17, 15) is 4.79 Å². The highest BCUT2D eigenvalue weighted by Gasteiger charge is 2.13. The van der Waals surface area contributed by atoms with Crippen LogP contribution in [0.15, 0.2) is 30.3 Å². The first-order valence-corrected chi connectivity index (χ1v) is 6.85. The van der Waals surface area contributed by atoms with E-state index in [1.165, 1.54) is 12.0 Å². The molecule has 0 aromatic heterocycles. The molecule has 1 amide bonds. The van der Waals surface area contributed by atoms with Crippen molar-refractivity contribution in [1.82, 2.24) is 4.90 Å². The molecule has 1 aromatic carbocycles. The number of rotatable bonds is 3. The Morgan fingerprint density at radius 3 is 2.44 bits per heavy atom. The summed E-state index contributed by atoms with van der Waals surface area (Å²) in [5.41, 5.74) is 2.42. The van der Waals surface area contributed by atoms with Gasteiger partial charge in [0.25, 0.3) is 0 Å². The minimum absolute atomic E-state index is 0.147. The highest BCUT2D eigenvalue weighted by Crippen LogP contribution is 2.11. The molecule has 0 bridgehead atoms. The van der Waals surface area contributed by atoms with Gasteiger partial charge in [0.15, 0.2) is 0 Å². The smallest absolute Gasteiger partial charge is 0.246 e. The van der Waals surface area contributed by atoms with Gasteiger partial charge in [0, 0.05) is 19.2 Å². The standard InChI is InChI=1S/C16H21NO/c1-2-14-6-8-15(9-7-14)10-11-16(18)17-12-4-3-5-13-17/h6-11H,2-5,12-13H2,1H3. The van der Waals surface area contributed by atoms with Crippen molar-refractivity contribution in [3.63, 3.8) is 0 Å². The summed E-state index contributed by atoms with van der Waals surface area (Å²) in [6, 6.07) is 8.37. The fraction of sp³-hybridized carbons (Fsp3) is 0.438. The third-order valence-corrected chi connectivity index (χ3v) is 3.47.